The summed E-state index contributed by atoms with van der Waals surface area (Å²) in [7, 11) is 0. The van der Waals surface area contributed by atoms with Gasteiger partial charge >= 0.3 is 0 Å². The first-order valence-electron chi connectivity index (χ1n) is 4.53. The second-order valence-corrected chi connectivity index (χ2v) is 4.66. The molecule has 16 heavy (non-hydrogen) atoms. The predicted octanol–water partition coefficient (Wildman–Crippen LogP) is 3.88. The molecule has 0 N–H and O–H groups in total. The van der Waals surface area contributed by atoms with Gasteiger partial charge in [0, 0.05) is 11.8 Å². The van der Waals surface area contributed by atoms with Crippen molar-refractivity contribution in [3.8, 4) is 17.2 Å². The molecular weight excluding hydrogens is 335 g/mol. The summed E-state index contributed by atoms with van der Waals surface area (Å²) < 4.78 is 0.845. The number of pyridine rings is 1. The topological polar surface area (TPSA) is 36.7 Å². The summed E-state index contributed by atoms with van der Waals surface area (Å²) in [5.41, 5.74) is 1.98. The molecule has 2 aromatic rings. The first-order chi connectivity index (χ1) is 7.74. The van der Waals surface area contributed by atoms with Gasteiger partial charge in [0.25, 0.3) is 0 Å². The minimum absolute atomic E-state index is 0.358. The molecule has 0 amide bonds. The molecule has 0 bridgehead atoms. The van der Waals surface area contributed by atoms with Crippen LogP contribution in [0.25, 0.3) is 11.1 Å². The van der Waals surface area contributed by atoms with Gasteiger partial charge in [0.15, 0.2) is 0 Å². The van der Waals surface area contributed by atoms with Crippen LogP contribution in [0.2, 0.25) is 5.02 Å². The molecule has 1 heterocycles. The van der Waals surface area contributed by atoms with Gasteiger partial charge in [-0.15, -0.1) is 0 Å². The number of rotatable bonds is 1. The lowest BCUT2D eigenvalue weighted by Crippen LogP contribution is -1.92. The summed E-state index contributed by atoms with van der Waals surface area (Å²) in [5.74, 6) is 0. The number of halogens is 2. The van der Waals surface area contributed by atoms with E-state index in [1.807, 2.05) is 30.3 Å². The lowest BCUT2D eigenvalue weighted by Gasteiger charge is -2.07. The van der Waals surface area contributed by atoms with E-state index in [4.69, 9.17) is 16.9 Å². The number of hydrogen-bond donors (Lipinski definition) is 0. The number of hydrogen-bond acceptors (Lipinski definition) is 2. The molecule has 1 aromatic carbocycles. The maximum Gasteiger partial charge on any atom is 0.149 e. The number of nitriles is 1. The van der Waals surface area contributed by atoms with Crippen LogP contribution in [0.1, 0.15) is 5.69 Å². The molecule has 4 heteroatoms. The second kappa shape index (κ2) is 4.81. The van der Waals surface area contributed by atoms with Crippen LogP contribution in [0.3, 0.4) is 0 Å². The van der Waals surface area contributed by atoms with E-state index in [0.29, 0.717) is 16.3 Å². The van der Waals surface area contributed by atoms with Crippen molar-refractivity contribution in [3.05, 3.63) is 50.8 Å². The molecule has 0 saturated carbocycles. The molecule has 0 atom stereocenters. The van der Waals surface area contributed by atoms with E-state index in [1.165, 1.54) is 0 Å². The van der Waals surface area contributed by atoms with Crippen LogP contribution in [-0.4, -0.2) is 4.98 Å². The maximum absolute atomic E-state index is 9.02. The fourth-order valence-corrected chi connectivity index (χ4v) is 2.08. The van der Waals surface area contributed by atoms with Crippen LogP contribution in [-0.2, 0) is 0 Å². The molecule has 0 spiro atoms. The van der Waals surface area contributed by atoms with E-state index in [-0.39, 0.29) is 0 Å². The van der Waals surface area contributed by atoms with Gasteiger partial charge in [0.05, 0.1) is 8.59 Å². The Morgan fingerprint density at radius 1 is 1.25 bits per heavy atom. The van der Waals surface area contributed by atoms with Gasteiger partial charge in [0.1, 0.15) is 11.8 Å². The quantitative estimate of drug-likeness (QED) is 0.739. The molecule has 0 unspecified atom stereocenters. The maximum atomic E-state index is 9.02. The Labute approximate surface area is 112 Å². The van der Waals surface area contributed by atoms with Gasteiger partial charge < -0.3 is 0 Å². The normalized spacial score (nSPS) is 9.81. The number of aromatic nitrogens is 1. The zero-order valence-electron chi connectivity index (χ0n) is 8.11. The summed E-state index contributed by atoms with van der Waals surface area (Å²) >= 11 is 8.32. The average molecular weight is 341 g/mol. The third kappa shape index (κ3) is 2.04. The van der Waals surface area contributed by atoms with Crippen LogP contribution < -0.4 is 0 Å². The van der Waals surface area contributed by atoms with E-state index in [2.05, 4.69) is 33.6 Å². The average Bonchev–Trinajstić information content (AvgIpc) is 2.33. The summed E-state index contributed by atoms with van der Waals surface area (Å²) in [6.07, 6.45) is 1.61. The lowest BCUT2D eigenvalue weighted by atomic mass is 10.0. The van der Waals surface area contributed by atoms with Crippen molar-refractivity contribution in [2.45, 2.75) is 0 Å². The Hall–Kier alpha value is -1.12. The Morgan fingerprint density at radius 3 is 2.56 bits per heavy atom. The van der Waals surface area contributed by atoms with Gasteiger partial charge in [-0.05, 0) is 28.2 Å². The molecule has 1 aromatic heterocycles. The van der Waals surface area contributed by atoms with Crippen LogP contribution in [0, 0.1) is 14.9 Å². The van der Waals surface area contributed by atoms with Crippen LogP contribution >= 0.6 is 34.2 Å². The standard InChI is InChI=1S/C12H6ClIN2/c13-12-9(14)7-16-10(6-15)11(12)8-4-2-1-3-5-8/h1-5,7H. The zero-order valence-corrected chi connectivity index (χ0v) is 11.0. The van der Waals surface area contributed by atoms with Gasteiger partial charge in [-0.25, -0.2) is 4.98 Å². The molecule has 0 radical (unpaired) electrons. The molecule has 0 aliphatic rings. The second-order valence-electron chi connectivity index (χ2n) is 3.12. The third-order valence-corrected chi connectivity index (χ3v) is 3.67. The third-order valence-electron chi connectivity index (χ3n) is 2.14. The molecule has 0 saturated heterocycles. The first-order valence-corrected chi connectivity index (χ1v) is 5.99. The Kier molecular flexibility index (Phi) is 3.42. The van der Waals surface area contributed by atoms with Gasteiger partial charge in [0.2, 0.25) is 0 Å². The van der Waals surface area contributed by atoms with Crippen molar-refractivity contribution in [2.24, 2.45) is 0 Å². The monoisotopic (exact) mass is 340 g/mol. The van der Waals surface area contributed by atoms with Crippen molar-refractivity contribution in [2.75, 3.05) is 0 Å². The minimum atomic E-state index is 0.358. The van der Waals surface area contributed by atoms with E-state index < -0.39 is 0 Å². The Balaban J connectivity index is 2.74. The molecule has 0 aliphatic carbocycles. The highest BCUT2D eigenvalue weighted by molar-refractivity contribution is 14.1. The first kappa shape index (κ1) is 11.4. The highest BCUT2D eigenvalue weighted by Crippen LogP contribution is 2.32. The molecule has 0 aliphatic heterocycles. The highest BCUT2D eigenvalue weighted by atomic mass is 127. The molecule has 0 fully saturated rings. The van der Waals surface area contributed by atoms with Crippen LogP contribution in [0.5, 0.6) is 0 Å². The Morgan fingerprint density at radius 2 is 1.94 bits per heavy atom. The summed E-state index contributed by atoms with van der Waals surface area (Å²) in [6.45, 7) is 0. The van der Waals surface area contributed by atoms with Crippen molar-refractivity contribution in [3.63, 3.8) is 0 Å². The van der Waals surface area contributed by atoms with E-state index in [9.17, 15) is 0 Å². The van der Waals surface area contributed by atoms with Crippen LogP contribution in [0.15, 0.2) is 36.5 Å². The van der Waals surface area contributed by atoms with E-state index in [0.717, 1.165) is 9.13 Å². The highest BCUT2D eigenvalue weighted by Gasteiger charge is 2.13. The van der Waals surface area contributed by atoms with Crippen molar-refractivity contribution in [1.82, 2.24) is 4.98 Å². The molecule has 2 rings (SSSR count). The Bertz CT molecular complexity index is 561. The zero-order chi connectivity index (χ0) is 11.5. The number of nitrogens with zero attached hydrogens (tertiary/aromatic N) is 2. The summed E-state index contributed by atoms with van der Waals surface area (Å²) in [6, 6.07) is 11.6. The molecule has 2 nitrogen and oxygen atoms in total. The predicted molar refractivity (Wildman–Crippen MR) is 72.1 cm³/mol. The summed E-state index contributed by atoms with van der Waals surface area (Å²) in [4.78, 5) is 4.08. The largest absolute Gasteiger partial charge is 0.244 e. The van der Waals surface area contributed by atoms with Crippen molar-refractivity contribution in [1.29, 1.82) is 5.26 Å². The minimum Gasteiger partial charge on any atom is -0.244 e. The smallest absolute Gasteiger partial charge is 0.149 e. The number of benzene rings is 1. The fourth-order valence-electron chi connectivity index (χ4n) is 1.42. The SMILES string of the molecule is N#Cc1ncc(I)c(Cl)c1-c1ccccc1. The van der Waals surface area contributed by atoms with Gasteiger partial charge in [-0.1, -0.05) is 41.9 Å². The lowest BCUT2D eigenvalue weighted by molar-refractivity contribution is 1.25. The van der Waals surface area contributed by atoms with E-state index >= 15 is 0 Å². The van der Waals surface area contributed by atoms with Gasteiger partial charge in [-0.3, -0.25) is 0 Å². The fraction of sp³-hybridized carbons (Fsp3) is 0. The van der Waals surface area contributed by atoms with Gasteiger partial charge in [-0.2, -0.15) is 5.26 Å². The van der Waals surface area contributed by atoms with E-state index in [1.54, 1.807) is 6.20 Å². The molecular formula is C12H6ClIN2. The van der Waals surface area contributed by atoms with Crippen molar-refractivity contribution >= 4 is 34.2 Å². The van der Waals surface area contributed by atoms with Crippen molar-refractivity contribution < 1.29 is 0 Å². The molecule has 78 valence electrons. The van der Waals surface area contributed by atoms with Crippen LogP contribution in [0.4, 0.5) is 0 Å². The summed E-state index contributed by atoms with van der Waals surface area (Å²) in [5, 5.41) is 9.60.